The third-order valence-electron chi connectivity index (χ3n) is 8.05. The van der Waals surface area contributed by atoms with Crippen LogP contribution in [-0.2, 0) is 6.16 Å². The van der Waals surface area contributed by atoms with E-state index >= 15 is 0 Å². The van der Waals surface area contributed by atoms with Crippen LogP contribution >= 0.6 is 7.26 Å². The molecule has 0 saturated heterocycles. The molecule has 6 aromatic rings. The van der Waals surface area contributed by atoms with E-state index in [2.05, 4.69) is 83.3 Å². The molecule has 0 atom stereocenters. The van der Waals surface area contributed by atoms with Gasteiger partial charge in [-0.15, -0.1) is 0 Å². The summed E-state index contributed by atoms with van der Waals surface area (Å²) in [5, 5.41) is 31.0. The van der Waals surface area contributed by atoms with Crippen LogP contribution in [0.1, 0.15) is 17.1 Å². The monoisotopic (exact) mass is 679 g/mol. The second-order valence-electron chi connectivity index (χ2n) is 11.2. The fourth-order valence-corrected chi connectivity index (χ4v) is 9.80. The number of benzene rings is 5. The predicted octanol–water partition coefficient (Wildman–Crippen LogP) is 8.68. The van der Waals surface area contributed by atoms with E-state index in [1.165, 1.54) is 28.0 Å². The van der Waals surface area contributed by atoms with Gasteiger partial charge in [-0.2, -0.15) is 5.10 Å². The highest BCUT2D eigenvalue weighted by Gasteiger charge is 2.46. The molecule has 1 heterocycles. The third-order valence-corrected chi connectivity index (χ3v) is 12.4. The van der Waals surface area contributed by atoms with E-state index in [-0.39, 0.29) is 11.4 Å². The van der Waals surface area contributed by atoms with E-state index in [1.807, 2.05) is 72.8 Å². The average Bonchev–Trinajstić information content (AvgIpc) is 3.61. The largest absolute Gasteiger partial charge is 0.458 e. The minimum Gasteiger partial charge on any atom is -0.458 e. The number of anilines is 1. The van der Waals surface area contributed by atoms with Gasteiger partial charge in [0.15, 0.2) is 0 Å². The molecule has 0 saturated carbocycles. The maximum Gasteiger partial charge on any atom is 0.301 e. The van der Waals surface area contributed by atoms with Crippen molar-refractivity contribution in [2.24, 2.45) is 5.10 Å². The molecule has 246 valence electrons. The Bertz CT molecular complexity index is 2070. The van der Waals surface area contributed by atoms with Gasteiger partial charge in [0.05, 0.1) is 21.6 Å². The van der Waals surface area contributed by atoms with E-state index < -0.39 is 22.8 Å². The molecule has 0 fully saturated rings. The Kier molecular flexibility index (Phi) is 10.5. The topological polar surface area (TPSA) is 124 Å². The predicted molar refractivity (Wildman–Crippen MR) is 202 cm³/mol. The molecule has 1 N–H and O–H groups in total. The standard InChI is InChI=1S/C40H32N4O5P/c45-43(46)32-25-28-39(40(29-32)44(47)48)42-41-38(31-15-5-1-6-16-31)24-14-13-17-33-26-27-34(49-33)30-50(35-18-7-2-8-19-35,36-20-9-3-10-21-36)37-22-11-4-12-23-37/h1-29,42H,30H2/q+1/b17-13-,24-14-,41-38-. The van der Waals surface area contributed by atoms with Gasteiger partial charge in [-0.25, -0.2) is 0 Å². The normalized spacial score (nSPS) is 12.0. The van der Waals surface area contributed by atoms with Gasteiger partial charge < -0.3 is 4.42 Å². The molecule has 50 heavy (non-hydrogen) atoms. The van der Waals surface area contributed by atoms with Crippen LogP contribution in [0.25, 0.3) is 6.08 Å². The molecule has 0 aliphatic carbocycles. The summed E-state index contributed by atoms with van der Waals surface area (Å²) < 4.78 is 6.42. The number of hydrazone groups is 1. The summed E-state index contributed by atoms with van der Waals surface area (Å²) in [6.45, 7) is 0. The van der Waals surface area contributed by atoms with E-state index in [4.69, 9.17) is 4.42 Å². The molecule has 0 bridgehead atoms. The number of non-ortho nitro benzene ring substituents is 1. The average molecular weight is 680 g/mol. The van der Waals surface area contributed by atoms with Crippen LogP contribution in [-0.4, -0.2) is 15.6 Å². The molecule has 0 aliphatic heterocycles. The molecule has 5 aromatic carbocycles. The Balaban J connectivity index is 1.27. The molecule has 0 spiro atoms. The number of hydrogen-bond acceptors (Lipinski definition) is 7. The van der Waals surface area contributed by atoms with Crippen LogP contribution in [0.5, 0.6) is 0 Å². The maximum absolute atomic E-state index is 11.6. The van der Waals surface area contributed by atoms with Crippen molar-refractivity contribution in [3.8, 4) is 0 Å². The van der Waals surface area contributed by atoms with Crippen molar-refractivity contribution < 1.29 is 14.3 Å². The molecular formula is C40H32N4O5P+. The van der Waals surface area contributed by atoms with E-state index in [9.17, 15) is 20.2 Å². The maximum atomic E-state index is 11.6. The molecule has 0 amide bonds. The Morgan fingerprint density at radius 2 is 1.24 bits per heavy atom. The van der Waals surface area contributed by atoms with Gasteiger partial charge in [-0.1, -0.05) is 97.1 Å². The number of rotatable bonds is 13. The first-order chi connectivity index (χ1) is 24.4. The third kappa shape index (κ3) is 7.65. The molecule has 0 radical (unpaired) electrons. The minimum absolute atomic E-state index is 0.0292. The van der Waals surface area contributed by atoms with Crippen LogP contribution in [0.15, 0.2) is 179 Å². The van der Waals surface area contributed by atoms with Crippen molar-refractivity contribution in [3.63, 3.8) is 0 Å². The first kappa shape index (κ1) is 33.5. The van der Waals surface area contributed by atoms with Gasteiger partial charge in [0.25, 0.3) is 5.69 Å². The summed E-state index contributed by atoms with van der Waals surface area (Å²) in [5.74, 6) is 1.56. The number of nitrogens with one attached hydrogen (secondary N) is 1. The Morgan fingerprint density at radius 1 is 0.680 bits per heavy atom. The smallest absolute Gasteiger partial charge is 0.301 e. The zero-order valence-corrected chi connectivity index (χ0v) is 27.7. The summed E-state index contributed by atoms with van der Waals surface area (Å²) in [7, 11) is -2.12. The highest BCUT2D eigenvalue weighted by atomic mass is 31.2. The van der Waals surface area contributed by atoms with Crippen molar-refractivity contribution in [2.45, 2.75) is 6.16 Å². The Labute approximate surface area is 289 Å². The molecular weight excluding hydrogens is 647 g/mol. The number of hydrogen-bond donors (Lipinski definition) is 1. The second kappa shape index (κ2) is 15.6. The van der Waals surface area contributed by atoms with Gasteiger partial charge in [0.1, 0.15) is 46.5 Å². The molecule has 10 heteroatoms. The highest BCUT2D eigenvalue weighted by Crippen LogP contribution is 2.58. The van der Waals surface area contributed by atoms with E-state index in [0.717, 1.165) is 17.4 Å². The summed E-state index contributed by atoms with van der Waals surface area (Å²) in [4.78, 5) is 21.4. The lowest BCUT2D eigenvalue weighted by atomic mass is 10.1. The van der Waals surface area contributed by atoms with Crippen LogP contribution in [0.2, 0.25) is 0 Å². The molecule has 0 aliphatic rings. The number of nitrogens with zero attached hydrogens (tertiary/aromatic N) is 3. The first-order valence-electron chi connectivity index (χ1n) is 15.7. The van der Waals surface area contributed by atoms with Crippen molar-refractivity contribution in [1.82, 2.24) is 0 Å². The molecule has 6 rings (SSSR count). The van der Waals surface area contributed by atoms with Crippen molar-refractivity contribution >= 4 is 52.0 Å². The lowest BCUT2D eigenvalue weighted by Crippen LogP contribution is -2.32. The van der Waals surface area contributed by atoms with Crippen LogP contribution in [0, 0.1) is 20.2 Å². The van der Waals surface area contributed by atoms with Gasteiger partial charge in [-0.3, -0.25) is 25.7 Å². The van der Waals surface area contributed by atoms with Gasteiger partial charge in [0, 0.05) is 11.6 Å². The number of allylic oxidation sites excluding steroid dienone is 3. The molecule has 9 nitrogen and oxygen atoms in total. The van der Waals surface area contributed by atoms with Crippen LogP contribution in [0.4, 0.5) is 17.1 Å². The van der Waals surface area contributed by atoms with Crippen molar-refractivity contribution in [2.75, 3.05) is 5.43 Å². The zero-order chi connectivity index (χ0) is 34.8. The summed E-state index contributed by atoms with van der Waals surface area (Å²) in [6, 6.07) is 48.6. The summed E-state index contributed by atoms with van der Waals surface area (Å²) >= 11 is 0. The minimum atomic E-state index is -2.12. The molecule has 0 unspecified atom stereocenters. The first-order valence-corrected chi connectivity index (χ1v) is 17.7. The number of nitro groups is 2. The van der Waals surface area contributed by atoms with Crippen LogP contribution < -0.4 is 21.3 Å². The second-order valence-corrected chi connectivity index (χ2v) is 14.7. The number of furan rings is 1. The van der Waals surface area contributed by atoms with Gasteiger partial charge >= 0.3 is 5.69 Å². The lowest BCUT2D eigenvalue weighted by Gasteiger charge is -2.26. The summed E-state index contributed by atoms with van der Waals surface area (Å²) in [5.41, 5.74) is 3.17. The fourth-order valence-electron chi connectivity index (χ4n) is 5.68. The number of nitro benzene ring substituents is 2. The Morgan fingerprint density at radius 3 is 1.78 bits per heavy atom. The highest BCUT2D eigenvalue weighted by molar-refractivity contribution is 7.95. The quantitative estimate of drug-likeness (QED) is 0.0428. The Hall–Kier alpha value is -6.44. The van der Waals surface area contributed by atoms with Gasteiger partial charge in [0.2, 0.25) is 0 Å². The van der Waals surface area contributed by atoms with E-state index in [1.54, 1.807) is 12.2 Å². The molecule has 1 aromatic heterocycles. The van der Waals surface area contributed by atoms with Gasteiger partial charge in [-0.05, 0) is 66.7 Å². The zero-order valence-electron chi connectivity index (χ0n) is 26.8. The van der Waals surface area contributed by atoms with Crippen molar-refractivity contribution in [1.29, 1.82) is 0 Å². The summed E-state index contributed by atoms with van der Waals surface area (Å²) in [6.07, 6.45) is 7.97. The van der Waals surface area contributed by atoms with Crippen molar-refractivity contribution in [3.05, 3.63) is 207 Å². The lowest BCUT2D eigenvalue weighted by molar-refractivity contribution is -0.393. The van der Waals surface area contributed by atoms with Crippen LogP contribution in [0.3, 0.4) is 0 Å². The fraction of sp³-hybridized carbons (Fsp3) is 0.0250. The SMILES string of the molecule is O=[N+]([O-])c1ccc(N/N=C(/C=C\C=C/c2ccc(C[P+](c3ccccc3)(c3ccccc3)c3ccccc3)o2)c2ccccc2)c([N+](=O)[O-])c1. The van der Waals surface area contributed by atoms with E-state index in [0.29, 0.717) is 17.6 Å².